The summed E-state index contributed by atoms with van der Waals surface area (Å²) in [7, 11) is 3.38. The molecule has 26 heavy (non-hydrogen) atoms. The van der Waals surface area contributed by atoms with Crippen molar-refractivity contribution in [3.63, 3.8) is 0 Å². The lowest BCUT2D eigenvalue weighted by Gasteiger charge is -2.09. The molecule has 0 aliphatic rings. The number of imidazole rings is 1. The molecule has 1 amide bonds. The van der Waals surface area contributed by atoms with Crippen LogP contribution in [0.1, 0.15) is 12.0 Å². The van der Waals surface area contributed by atoms with Gasteiger partial charge in [0.1, 0.15) is 5.75 Å². The Morgan fingerprint density at radius 1 is 1.08 bits per heavy atom. The third-order valence-electron chi connectivity index (χ3n) is 4.52. The second-order valence-electron chi connectivity index (χ2n) is 6.14. The van der Waals surface area contributed by atoms with Crippen LogP contribution in [0.4, 0.5) is 0 Å². The molecule has 0 aliphatic heterocycles. The van der Waals surface area contributed by atoms with E-state index in [0.29, 0.717) is 25.9 Å². The molecular formula is C20H23N3O3. The second kappa shape index (κ2) is 7.91. The zero-order valence-corrected chi connectivity index (χ0v) is 15.1. The maximum Gasteiger partial charge on any atom is 0.328 e. The molecule has 0 aliphatic carbocycles. The minimum atomic E-state index is -0.0746. The predicted molar refractivity (Wildman–Crippen MR) is 102 cm³/mol. The Hall–Kier alpha value is -3.02. The minimum Gasteiger partial charge on any atom is -0.496 e. The van der Waals surface area contributed by atoms with Crippen molar-refractivity contribution in [2.24, 2.45) is 7.05 Å². The number of methoxy groups -OCH3 is 1. The van der Waals surface area contributed by atoms with E-state index in [0.717, 1.165) is 22.3 Å². The summed E-state index contributed by atoms with van der Waals surface area (Å²) in [6.45, 7) is 0.860. The van der Waals surface area contributed by atoms with Crippen molar-refractivity contribution in [3.05, 3.63) is 64.6 Å². The van der Waals surface area contributed by atoms with Crippen molar-refractivity contribution in [1.29, 1.82) is 0 Å². The summed E-state index contributed by atoms with van der Waals surface area (Å²) in [6.07, 6.45) is 0.995. The largest absolute Gasteiger partial charge is 0.496 e. The molecular weight excluding hydrogens is 330 g/mol. The molecule has 0 radical (unpaired) electrons. The van der Waals surface area contributed by atoms with Gasteiger partial charge in [0.25, 0.3) is 0 Å². The van der Waals surface area contributed by atoms with E-state index < -0.39 is 0 Å². The average molecular weight is 353 g/mol. The van der Waals surface area contributed by atoms with Gasteiger partial charge in [0.05, 0.1) is 18.1 Å². The van der Waals surface area contributed by atoms with Crippen molar-refractivity contribution < 1.29 is 9.53 Å². The van der Waals surface area contributed by atoms with E-state index in [1.807, 2.05) is 48.5 Å². The van der Waals surface area contributed by atoms with Crippen LogP contribution in [-0.2, 0) is 24.8 Å². The molecule has 0 atom stereocenters. The minimum absolute atomic E-state index is 0.0378. The Kier molecular flexibility index (Phi) is 5.41. The van der Waals surface area contributed by atoms with Gasteiger partial charge in [0.15, 0.2) is 0 Å². The quantitative estimate of drug-likeness (QED) is 0.707. The summed E-state index contributed by atoms with van der Waals surface area (Å²) >= 11 is 0. The highest BCUT2D eigenvalue weighted by Crippen LogP contribution is 2.18. The fourth-order valence-electron chi connectivity index (χ4n) is 3.13. The molecule has 2 aromatic carbocycles. The number of aromatic nitrogens is 2. The zero-order valence-electron chi connectivity index (χ0n) is 15.1. The smallest absolute Gasteiger partial charge is 0.328 e. The van der Waals surface area contributed by atoms with Crippen LogP contribution in [0.3, 0.4) is 0 Å². The number of nitrogens with zero attached hydrogens (tertiary/aromatic N) is 2. The molecule has 0 unspecified atom stereocenters. The molecule has 0 saturated heterocycles. The van der Waals surface area contributed by atoms with Gasteiger partial charge in [-0.25, -0.2) is 4.79 Å². The number of amides is 1. The molecule has 1 N–H and O–H groups in total. The first-order valence-corrected chi connectivity index (χ1v) is 8.64. The summed E-state index contributed by atoms with van der Waals surface area (Å²) in [5, 5.41) is 2.89. The Labute approximate surface area is 152 Å². The molecule has 3 rings (SSSR count). The number of hydrogen-bond acceptors (Lipinski definition) is 3. The van der Waals surface area contributed by atoms with Crippen molar-refractivity contribution in [2.75, 3.05) is 13.7 Å². The fraction of sp³-hybridized carbons (Fsp3) is 0.300. The van der Waals surface area contributed by atoms with E-state index in [1.165, 1.54) is 0 Å². The van der Waals surface area contributed by atoms with Gasteiger partial charge < -0.3 is 10.1 Å². The molecule has 0 fully saturated rings. The van der Waals surface area contributed by atoms with Gasteiger partial charge in [-0.2, -0.15) is 0 Å². The molecule has 136 valence electrons. The molecule has 0 saturated carbocycles. The van der Waals surface area contributed by atoms with Crippen LogP contribution in [0.2, 0.25) is 0 Å². The maximum absolute atomic E-state index is 12.3. The number of fused-ring (bicyclic) bond motifs is 1. The van der Waals surface area contributed by atoms with Gasteiger partial charge in [-0.1, -0.05) is 30.3 Å². The monoisotopic (exact) mass is 353 g/mol. The first-order valence-electron chi connectivity index (χ1n) is 8.64. The summed E-state index contributed by atoms with van der Waals surface area (Å²) in [5.74, 6) is 0.756. The van der Waals surface area contributed by atoms with Crippen LogP contribution >= 0.6 is 0 Å². The molecule has 3 aromatic rings. The highest BCUT2D eigenvalue weighted by atomic mass is 16.5. The van der Waals surface area contributed by atoms with Crippen LogP contribution < -0.4 is 15.7 Å². The van der Waals surface area contributed by atoms with Crippen LogP contribution in [0.5, 0.6) is 5.75 Å². The number of benzene rings is 2. The zero-order chi connectivity index (χ0) is 18.5. The van der Waals surface area contributed by atoms with E-state index in [4.69, 9.17) is 4.74 Å². The molecule has 6 heteroatoms. The van der Waals surface area contributed by atoms with Crippen LogP contribution in [0.25, 0.3) is 11.0 Å². The van der Waals surface area contributed by atoms with Gasteiger partial charge >= 0.3 is 5.69 Å². The normalized spacial score (nSPS) is 10.8. The van der Waals surface area contributed by atoms with E-state index in [9.17, 15) is 9.59 Å². The first-order chi connectivity index (χ1) is 12.6. The lowest BCUT2D eigenvalue weighted by Crippen LogP contribution is -2.31. The number of hydrogen-bond donors (Lipinski definition) is 1. The molecule has 6 nitrogen and oxygen atoms in total. The number of carbonyl (C=O) groups is 1. The van der Waals surface area contributed by atoms with Crippen molar-refractivity contribution in [1.82, 2.24) is 14.5 Å². The molecule has 0 spiro atoms. The molecule has 1 heterocycles. The van der Waals surface area contributed by atoms with E-state index in [1.54, 1.807) is 23.3 Å². The lowest BCUT2D eigenvalue weighted by atomic mass is 10.1. The number of ether oxygens (including phenoxy) is 1. The highest BCUT2D eigenvalue weighted by molar-refractivity contribution is 5.77. The summed E-state index contributed by atoms with van der Waals surface area (Å²) in [4.78, 5) is 24.5. The molecule has 0 bridgehead atoms. The van der Waals surface area contributed by atoms with E-state index in [2.05, 4.69) is 5.32 Å². The predicted octanol–water partition coefficient (Wildman–Crippen LogP) is 2.10. The van der Waals surface area contributed by atoms with Gasteiger partial charge in [-0.3, -0.25) is 13.9 Å². The fourth-order valence-corrected chi connectivity index (χ4v) is 3.13. The van der Waals surface area contributed by atoms with Crippen LogP contribution in [-0.4, -0.2) is 28.7 Å². The summed E-state index contributed by atoms with van der Waals surface area (Å²) < 4.78 is 8.62. The summed E-state index contributed by atoms with van der Waals surface area (Å²) in [5.41, 5.74) is 2.70. The van der Waals surface area contributed by atoms with Crippen LogP contribution in [0, 0.1) is 0 Å². The Balaban J connectivity index is 1.56. The average Bonchev–Trinajstić information content (AvgIpc) is 2.91. The Bertz CT molecular complexity index is 972. The number of para-hydroxylation sites is 3. The standard InChI is InChI=1S/C20H23N3O3/c1-22-16-8-4-5-9-17(16)23(20(22)25)14-13-21-19(24)12-11-15-7-3-6-10-18(15)26-2/h3-10H,11-14H2,1-2H3,(H,21,24). The number of nitrogens with one attached hydrogen (secondary N) is 1. The topological polar surface area (TPSA) is 65.3 Å². The van der Waals surface area contributed by atoms with Gasteiger partial charge in [-0.15, -0.1) is 0 Å². The second-order valence-corrected chi connectivity index (χ2v) is 6.14. The lowest BCUT2D eigenvalue weighted by molar-refractivity contribution is -0.121. The van der Waals surface area contributed by atoms with E-state index in [-0.39, 0.29) is 11.6 Å². The summed E-state index contributed by atoms with van der Waals surface area (Å²) in [6, 6.07) is 15.3. The third kappa shape index (κ3) is 3.64. The van der Waals surface area contributed by atoms with Crippen molar-refractivity contribution >= 4 is 16.9 Å². The Morgan fingerprint density at radius 3 is 2.54 bits per heavy atom. The van der Waals surface area contributed by atoms with Gasteiger partial charge in [0.2, 0.25) is 5.91 Å². The highest BCUT2D eigenvalue weighted by Gasteiger charge is 2.10. The first kappa shape index (κ1) is 17.8. The number of aryl methyl sites for hydroxylation is 2. The third-order valence-corrected chi connectivity index (χ3v) is 4.52. The van der Waals surface area contributed by atoms with Crippen LogP contribution in [0.15, 0.2) is 53.3 Å². The van der Waals surface area contributed by atoms with Gasteiger partial charge in [-0.05, 0) is 30.2 Å². The SMILES string of the molecule is COc1ccccc1CCC(=O)NCCn1c(=O)n(C)c2ccccc21. The Morgan fingerprint density at radius 2 is 1.77 bits per heavy atom. The van der Waals surface area contributed by atoms with Crippen molar-refractivity contribution in [2.45, 2.75) is 19.4 Å². The maximum atomic E-state index is 12.3. The number of carbonyl (C=O) groups excluding carboxylic acids is 1. The number of rotatable bonds is 7. The van der Waals surface area contributed by atoms with Gasteiger partial charge in [0, 0.05) is 26.6 Å². The molecule has 1 aromatic heterocycles. The van der Waals surface area contributed by atoms with E-state index >= 15 is 0 Å². The van der Waals surface area contributed by atoms with Crippen molar-refractivity contribution in [3.8, 4) is 5.75 Å².